The minimum Gasteiger partial charge on any atom is -0.325 e. The van der Waals surface area contributed by atoms with Crippen molar-refractivity contribution in [2.75, 3.05) is 5.32 Å². The van der Waals surface area contributed by atoms with E-state index < -0.39 is 0 Å². The Morgan fingerprint density at radius 3 is 2.23 bits per heavy atom. The maximum Gasteiger partial charge on any atom is 0.237 e. The summed E-state index contributed by atoms with van der Waals surface area (Å²) in [6.07, 6.45) is 0. The number of hydrogen-bond donors (Lipinski definition) is 1. The fourth-order valence-electron chi connectivity index (χ4n) is 2.26. The van der Waals surface area contributed by atoms with Gasteiger partial charge in [-0.05, 0) is 55.5 Å². The van der Waals surface area contributed by atoms with E-state index in [1.54, 1.807) is 36.4 Å². The van der Waals surface area contributed by atoms with E-state index in [1.807, 2.05) is 30.7 Å². The molecule has 134 valence electrons. The number of benzene rings is 2. The Bertz CT molecular complexity index is 910. The zero-order valence-corrected chi connectivity index (χ0v) is 16.4. The van der Waals surface area contributed by atoms with Gasteiger partial charge in [0.15, 0.2) is 11.0 Å². The minimum atomic E-state index is -0.341. The summed E-state index contributed by atoms with van der Waals surface area (Å²) in [4.78, 5) is 12.4. The fraction of sp³-hybridized carbons (Fsp3) is 0.167. The minimum absolute atomic E-state index is 0.117. The number of carbonyl (C=O) groups excluding carboxylic acids is 1. The molecule has 5 nitrogen and oxygen atoms in total. The number of carbonyl (C=O) groups is 1. The van der Waals surface area contributed by atoms with E-state index in [1.165, 1.54) is 11.8 Å². The summed E-state index contributed by atoms with van der Waals surface area (Å²) < 4.78 is 1.86. The average Bonchev–Trinajstić information content (AvgIpc) is 2.98. The summed E-state index contributed by atoms with van der Waals surface area (Å²) in [5, 5.41) is 12.9. The predicted molar refractivity (Wildman–Crippen MR) is 107 cm³/mol. The standard InChI is InChI=1S/C18H16Cl2N4OS/c1-11(17(25)21-15-9-7-14(20)8-10-15)26-18-23-22-16(24(18)2)12-3-5-13(19)6-4-12/h3-11H,1-2H3,(H,21,25)/t11-/m0/s1. The lowest BCUT2D eigenvalue weighted by Gasteiger charge is -2.11. The Morgan fingerprint density at radius 1 is 1.04 bits per heavy atom. The molecule has 26 heavy (non-hydrogen) atoms. The maximum absolute atomic E-state index is 12.4. The predicted octanol–water partition coefficient (Wildman–Crippen LogP) is 4.91. The Kier molecular flexibility index (Phi) is 5.86. The van der Waals surface area contributed by atoms with Crippen LogP contribution in [0.2, 0.25) is 10.0 Å². The molecule has 1 amide bonds. The topological polar surface area (TPSA) is 59.8 Å². The first kappa shape index (κ1) is 18.8. The van der Waals surface area contributed by atoms with Crippen LogP contribution in [0.3, 0.4) is 0 Å². The molecule has 8 heteroatoms. The molecule has 0 radical (unpaired) electrons. The van der Waals surface area contributed by atoms with E-state index >= 15 is 0 Å². The van der Waals surface area contributed by atoms with Crippen LogP contribution < -0.4 is 5.32 Å². The number of rotatable bonds is 5. The van der Waals surface area contributed by atoms with Gasteiger partial charge in [0.2, 0.25) is 5.91 Å². The number of halogens is 2. The summed E-state index contributed by atoms with van der Waals surface area (Å²) in [7, 11) is 1.87. The molecule has 1 aromatic heterocycles. The van der Waals surface area contributed by atoms with Crippen molar-refractivity contribution in [2.45, 2.75) is 17.3 Å². The van der Waals surface area contributed by atoms with Crippen LogP contribution >= 0.6 is 35.0 Å². The van der Waals surface area contributed by atoms with Gasteiger partial charge in [-0.1, -0.05) is 35.0 Å². The molecule has 0 spiro atoms. The van der Waals surface area contributed by atoms with Crippen molar-refractivity contribution in [3.05, 3.63) is 58.6 Å². The highest BCUT2D eigenvalue weighted by Gasteiger charge is 2.19. The second-order valence-corrected chi connectivity index (χ2v) is 7.81. The third-order valence-electron chi connectivity index (χ3n) is 3.70. The quantitative estimate of drug-likeness (QED) is 0.611. The first-order valence-corrected chi connectivity index (χ1v) is 9.46. The van der Waals surface area contributed by atoms with Crippen LogP contribution in [0.4, 0.5) is 5.69 Å². The number of nitrogens with one attached hydrogen (secondary N) is 1. The summed E-state index contributed by atoms with van der Waals surface area (Å²) >= 11 is 13.1. The molecule has 0 fully saturated rings. The highest BCUT2D eigenvalue weighted by atomic mass is 35.5. The van der Waals surface area contributed by atoms with Gasteiger partial charge in [0.25, 0.3) is 0 Å². The molecular formula is C18H16Cl2N4OS. The molecule has 0 unspecified atom stereocenters. The van der Waals surface area contributed by atoms with Crippen LogP contribution in [0, 0.1) is 0 Å². The van der Waals surface area contributed by atoms with Gasteiger partial charge in [0.05, 0.1) is 5.25 Å². The molecule has 3 rings (SSSR count). The Balaban J connectivity index is 1.69. The van der Waals surface area contributed by atoms with Crippen molar-refractivity contribution in [1.29, 1.82) is 0 Å². The largest absolute Gasteiger partial charge is 0.325 e. The van der Waals surface area contributed by atoms with Gasteiger partial charge in [-0.3, -0.25) is 4.79 Å². The zero-order chi connectivity index (χ0) is 18.7. The third kappa shape index (κ3) is 4.38. The Hall–Kier alpha value is -2.02. The zero-order valence-electron chi connectivity index (χ0n) is 14.1. The van der Waals surface area contributed by atoms with Crippen LogP contribution in [0.25, 0.3) is 11.4 Å². The van der Waals surface area contributed by atoms with Crippen LogP contribution in [0.15, 0.2) is 53.7 Å². The molecule has 0 aliphatic heterocycles. The van der Waals surface area contributed by atoms with Gasteiger partial charge >= 0.3 is 0 Å². The monoisotopic (exact) mass is 406 g/mol. The highest BCUT2D eigenvalue weighted by Crippen LogP contribution is 2.27. The smallest absolute Gasteiger partial charge is 0.237 e. The molecule has 2 aromatic carbocycles. The van der Waals surface area contributed by atoms with E-state index in [9.17, 15) is 4.79 Å². The molecule has 3 aromatic rings. The van der Waals surface area contributed by atoms with Gasteiger partial charge < -0.3 is 9.88 Å². The van der Waals surface area contributed by atoms with E-state index in [2.05, 4.69) is 15.5 Å². The Morgan fingerprint density at radius 2 is 1.62 bits per heavy atom. The van der Waals surface area contributed by atoms with Crippen LogP contribution in [-0.2, 0) is 11.8 Å². The molecule has 0 aliphatic carbocycles. The molecule has 1 atom stereocenters. The van der Waals surface area contributed by atoms with Gasteiger partial charge in [0.1, 0.15) is 0 Å². The SMILES string of the molecule is C[C@H](Sc1nnc(-c2ccc(Cl)cc2)n1C)C(=O)Nc1ccc(Cl)cc1. The van der Waals surface area contributed by atoms with Gasteiger partial charge in [0, 0.05) is 28.3 Å². The molecule has 1 N–H and O–H groups in total. The van der Waals surface area contributed by atoms with E-state index in [0.29, 0.717) is 20.9 Å². The summed E-state index contributed by atoms with van der Waals surface area (Å²) in [6.45, 7) is 1.83. The van der Waals surface area contributed by atoms with Crippen molar-refractivity contribution in [2.24, 2.45) is 7.05 Å². The lowest BCUT2D eigenvalue weighted by molar-refractivity contribution is -0.115. The van der Waals surface area contributed by atoms with Crippen LogP contribution in [0.1, 0.15) is 6.92 Å². The van der Waals surface area contributed by atoms with E-state index in [0.717, 1.165) is 11.4 Å². The molecular weight excluding hydrogens is 391 g/mol. The summed E-state index contributed by atoms with van der Waals surface area (Å²) in [5.74, 6) is 0.600. The van der Waals surface area contributed by atoms with E-state index in [-0.39, 0.29) is 11.2 Å². The van der Waals surface area contributed by atoms with Gasteiger partial charge in [-0.25, -0.2) is 0 Å². The first-order chi connectivity index (χ1) is 12.4. The lowest BCUT2D eigenvalue weighted by Crippen LogP contribution is -2.22. The van der Waals surface area contributed by atoms with Crippen molar-refractivity contribution in [3.63, 3.8) is 0 Å². The average molecular weight is 407 g/mol. The second-order valence-electron chi connectivity index (χ2n) is 5.63. The number of amides is 1. The Labute approximate surface area is 165 Å². The number of hydrogen-bond acceptors (Lipinski definition) is 4. The van der Waals surface area contributed by atoms with Crippen molar-refractivity contribution in [1.82, 2.24) is 14.8 Å². The lowest BCUT2D eigenvalue weighted by atomic mass is 10.2. The first-order valence-electron chi connectivity index (χ1n) is 7.82. The third-order valence-corrected chi connectivity index (χ3v) is 5.34. The summed E-state index contributed by atoms with van der Waals surface area (Å²) in [6, 6.07) is 14.4. The van der Waals surface area contributed by atoms with Gasteiger partial charge in [-0.2, -0.15) is 0 Å². The summed E-state index contributed by atoms with van der Waals surface area (Å²) in [5.41, 5.74) is 1.61. The fourth-order valence-corrected chi connectivity index (χ4v) is 3.32. The van der Waals surface area contributed by atoms with Crippen LogP contribution in [0.5, 0.6) is 0 Å². The second kappa shape index (κ2) is 8.12. The van der Waals surface area contributed by atoms with Crippen molar-refractivity contribution in [3.8, 4) is 11.4 Å². The van der Waals surface area contributed by atoms with Crippen LogP contribution in [-0.4, -0.2) is 25.9 Å². The molecule has 0 saturated carbocycles. The van der Waals surface area contributed by atoms with E-state index in [4.69, 9.17) is 23.2 Å². The normalized spacial score (nSPS) is 12.0. The van der Waals surface area contributed by atoms with Gasteiger partial charge in [-0.15, -0.1) is 10.2 Å². The number of anilines is 1. The molecule has 0 bridgehead atoms. The number of thioether (sulfide) groups is 1. The number of nitrogens with zero attached hydrogens (tertiary/aromatic N) is 3. The van der Waals surface area contributed by atoms with Crippen molar-refractivity contribution >= 4 is 46.6 Å². The molecule has 0 aliphatic rings. The maximum atomic E-state index is 12.4. The molecule has 0 saturated heterocycles. The number of aromatic nitrogens is 3. The highest BCUT2D eigenvalue weighted by molar-refractivity contribution is 8.00. The van der Waals surface area contributed by atoms with Crippen molar-refractivity contribution < 1.29 is 4.79 Å². The molecule has 1 heterocycles.